The fraction of sp³-hybridized carbons (Fsp3) is 0.600. The molecule has 0 aliphatic heterocycles. The van der Waals surface area contributed by atoms with Crippen molar-refractivity contribution in [1.82, 2.24) is 5.32 Å². The van der Waals surface area contributed by atoms with Crippen molar-refractivity contribution in [1.29, 1.82) is 0 Å². The molecule has 0 saturated carbocycles. The number of hydrogen-bond donors (Lipinski definition) is 1. The van der Waals surface area contributed by atoms with E-state index in [4.69, 9.17) is 0 Å². The van der Waals surface area contributed by atoms with Crippen molar-refractivity contribution in [3.05, 3.63) is 35.4 Å². The number of aryl methyl sites for hydroxylation is 1. The van der Waals surface area contributed by atoms with Crippen LogP contribution in [-0.4, -0.2) is 25.1 Å². The minimum absolute atomic E-state index is 0.769. The number of rotatable bonds is 8. The molecule has 0 spiro atoms. The van der Waals surface area contributed by atoms with Gasteiger partial charge in [-0.25, -0.2) is 0 Å². The summed E-state index contributed by atoms with van der Waals surface area (Å²) in [5.74, 6) is 2.03. The Morgan fingerprint density at radius 2 is 1.94 bits per heavy atom. The van der Waals surface area contributed by atoms with Gasteiger partial charge in [-0.05, 0) is 56.3 Å². The molecule has 2 heteroatoms. The molecule has 1 nitrogen and oxygen atoms in total. The Balaban J connectivity index is 2.48. The average molecular weight is 251 g/mol. The van der Waals surface area contributed by atoms with Crippen LogP contribution in [0.5, 0.6) is 0 Å². The minimum Gasteiger partial charge on any atom is -0.317 e. The maximum Gasteiger partial charge on any atom is -0.00172 e. The second-order valence-corrected chi connectivity index (χ2v) is 5.63. The van der Waals surface area contributed by atoms with Crippen LogP contribution in [0.3, 0.4) is 0 Å². The Kier molecular flexibility index (Phi) is 7.38. The van der Waals surface area contributed by atoms with E-state index in [0.717, 1.165) is 19.0 Å². The molecule has 1 rings (SSSR count). The van der Waals surface area contributed by atoms with E-state index in [0.29, 0.717) is 0 Å². The molecule has 1 atom stereocenters. The number of benzene rings is 1. The van der Waals surface area contributed by atoms with Gasteiger partial charge in [-0.1, -0.05) is 36.8 Å². The van der Waals surface area contributed by atoms with Crippen LogP contribution in [0, 0.1) is 12.8 Å². The Bertz CT molecular complexity index is 286. The summed E-state index contributed by atoms with van der Waals surface area (Å²) in [5, 5.41) is 3.48. The lowest BCUT2D eigenvalue weighted by molar-refractivity contribution is 0.470. The van der Waals surface area contributed by atoms with Crippen molar-refractivity contribution in [2.75, 3.05) is 25.1 Å². The van der Waals surface area contributed by atoms with Gasteiger partial charge in [-0.3, -0.25) is 0 Å². The lowest BCUT2D eigenvalue weighted by atomic mass is 9.96. The van der Waals surface area contributed by atoms with Gasteiger partial charge >= 0.3 is 0 Å². The van der Waals surface area contributed by atoms with Gasteiger partial charge in [0.05, 0.1) is 0 Å². The molecule has 0 amide bonds. The zero-order valence-electron chi connectivity index (χ0n) is 11.3. The van der Waals surface area contributed by atoms with Gasteiger partial charge in [0.25, 0.3) is 0 Å². The second kappa shape index (κ2) is 8.60. The molecule has 17 heavy (non-hydrogen) atoms. The summed E-state index contributed by atoms with van der Waals surface area (Å²) in [6.07, 6.45) is 4.70. The highest BCUT2D eigenvalue weighted by Gasteiger charge is 2.08. The first-order valence-electron chi connectivity index (χ1n) is 6.51. The van der Waals surface area contributed by atoms with Crippen molar-refractivity contribution < 1.29 is 0 Å². The van der Waals surface area contributed by atoms with Gasteiger partial charge in [-0.2, -0.15) is 11.8 Å². The standard InChI is InChI=1S/C15H25NS/c1-4-16-12-15(9-10-17-3)11-14-7-5-13(2)6-8-14/h5-8,15-16H,4,9-12H2,1-3H3. The molecule has 1 aromatic rings. The van der Waals surface area contributed by atoms with Crippen molar-refractivity contribution in [3.63, 3.8) is 0 Å². The van der Waals surface area contributed by atoms with E-state index in [-0.39, 0.29) is 0 Å². The van der Waals surface area contributed by atoms with E-state index in [9.17, 15) is 0 Å². The lowest BCUT2D eigenvalue weighted by Crippen LogP contribution is -2.24. The maximum atomic E-state index is 3.48. The molecule has 0 bridgehead atoms. The van der Waals surface area contributed by atoms with E-state index in [1.165, 1.54) is 29.7 Å². The summed E-state index contributed by atoms with van der Waals surface area (Å²) < 4.78 is 0. The first-order valence-corrected chi connectivity index (χ1v) is 7.90. The van der Waals surface area contributed by atoms with E-state index >= 15 is 0 Å². The van der Waals surface area contributed by atoms with Crippen molar-refractivity contribution in [2.45, 2.75) is 26.7 Å². The third-order valence-corrected chi connectivity index (χ3v) is 3.70. The van der Waals surface area contributed by atoms with Crippen LogP contribution in [-0.2, 0) is 6.42 Å². The topological polar surface area (TPSA) is 12.0 Å². The first kappa shape index (κ1) is 14.6. The van der Waals surface area contributed by atoms with Gasteiger partial charge in [0.1, 0.15) is 0 Å². The molecule has 0 aliphatic rings. The normalized spacial score (nSPS) is 12.6. The highest BCUT2D eigenvalue weighted by atomic mass is 32.2. The van der Waals surface area contributed by atoms with E-state index in [1.807, 2.05) is 11.8 Å². The SMILES string of the molecule is CCNCC(CCSC)Cc1ccc(C)cc1. The highest BCUT2D eigenvalue weighted by molar-refractivity contribution is 7.98. The Morgan fingerprint density at radius 3 is 2.53 bits per heavy atom. The smallest absolute Gasteiger partial charge is 0.00172 e. The molecule has 1 unspecified atom stereocenters. The van der Waals surface area contributed by atoms with Gasteiger partial charge in [-0.15, -0.1) is 0 Å². The van der Waals surface area contributed by atoms with Crippen LogP contribution < -0.4 is 5.32 Å². The molecule has 0 radical (unpaired) electrons. The quantitative estimate of drug-likeness (QED) is 0.759. The Hall–Kier alpha value is -0.470. The lowest BCUT2D eigenvalue weighted by Gasteiger charge is -2.17. The predicted octanol–water partition coefficient (Wildman–Crippen LogP) is 3.52. The molecule has 96 valence electrons. The zero-order valence-corrected chi connectivity index (χ0v) is 12.1. The van der Waals surface area contributed by atoms with Crippen LogP contribution in [0.25, 0.3) is 0 Å². The van der Waals surface area contributed by atoms with Gasteiger partial charge < -0.3 is 5.32 Å². The third kappa shape index (κ3) is 6.13. The molecular formula is C15H25NS. The molecule has 1 N–H and O–H groups in total. The van der Waals surface area contributed by atoms with E-state index in [1.54, 1.807) is 0 Å². The maximum absolute atomic E-state index is 3.48. The number of nitrogens with one attached hydrogen (secondary N) is 1. The van der Waals surface area contributed by atoms with Gasteiger partial charge in [0.2, 0.25) is 0 Å². The predicted molar refractivity (Wildman–Crippen MR) is 79.9 cm³/mol. The fourth-order valence-corrected chi connectivity index (χ4v) is 2.54. The Morgan fingerprint density at radius 1 is 1.24 bits per heavy atom. The summed E-state index contributed by atoms with van der Waals surface area (Å²) in [6, 6.07) is 8.98. The summed E-state index contributed by atoms with van der Waals surface area (Å²) in [4.78, 5) is 0. The molecular weight excluding hydrogens is 226 g/mol. The monoisotopic (exact) mass is 251 g/mol. The van der Waals surface area contributed by atoms with E-state index < -0.39 is 0 Å². The summed E-state index contributed by atoms with van der Waals surface area (Å²) in [6.45, 7) is 6.54. The van der Waals surface area contributed by atoms with Crippen molar-refractivity contribution >= 4 is 11.8 Å². The number of hydrogen-bond acceptors (Lipinski definition) is 2. The van der Waals surface area contributed by atoms with Crippen molar-refractivity contribution in [2.24, 2.45) is 5.92 Å². The zero-order chi connectivity index (χ0) is 12.5. The van der Waals surface area contributed by atoms with Crippen LogP contribution in [0.15, 0.2) is 24.3 Å². The highest BCUT2D eigenvalue weighted by Crippen LogP contribution is 2.15. The van der Waals surface area contributed by atoms with Crippen LogP contribution in [0.4, 0.5) is 0 Å². The molecule has 0 aromatic heterocycles. The summed E-state index contributed by atoms with van der Waals surface area (Å²) in [7, 11) is 0. The summed E-state index contributed by atoms with van der Waals surface area (Å²) in [5.41, 5.74) is 2.82. The molecule has 0 saturated heterocycles. The molecule has 0 aliphatic carbocycles. The van der Waals surface area contributed by atoms with E-state index in [2.05, 4.69) is 49.7 Å². The molecule has 1 aromatic carbocycles. The average Bonchev–Trinajstić information content (AvgIpc) is 2.35. The Labute approximate surface area is 110 Å². The van der Waals surface area contributed by atoms with Gasteiger partial charge in [0.15, 0.2) is 0 Å². The van der Waals surface area contributed by atoms with Crippen LogP contribution in [0.2, 0.25) is 0 Å². The first-order chi connectivity index (χ1) is 8.26. The van der Waals surface area contributed by atoms with Gasteiger partial charge in [0, 0.05) is 0 Å². The van der Waals surface area contributed by atoms with Crippen LogP contribution in [0.1, 0.15) is 24.5 Å². The minimum atomic E-state index is 0.769. The molecule has 0 fully saturated rings. The fourth-order valence-electron chi connectivity index (χ4n) is 1.97. The number of thioether (sulfide) groups is 1. The largest absolute Gasteiger partial charge is 0.317 e. The molecule has 0 heterocycles. The third-order valence-electron chi connectivity index (χ3n) is 3.06. The summed E-state index contributed by atoms with van der Waals surface area (Å²) >= 11 is 1.95. The van der Waals surface area contributed by atoms with Crippen LogP contribution >= 0.6 is 11.8 Å². The second-order valence-electron chi connectivity index (χ2n) is 4.64. The van der Waals surface area contributed by atoms with Crippen molar-refractivity contribution in [3.8, 4) is 0 Å².